The number of anilines is 1. The summed E-state index contributed by atoms with van der Waals surface area (Å²) in [7, 11) is 1.86. The normalized spacial score (nSPS) is 10.9. The average Bonchev–Trinajstić information content (AvgIpc) is 3.31. The van der Waals surface area contributed by atoms with E-state index in [1.54, 1.807) is 46.2 Å². The first-order valence-corrected chi connectivity index (χ1v) is 9.91. The molecule has 0 saturated heterocycles. The topological polar surface area (TPSA) is 127 Å². The quantitative estimate of drug-likeness (QED) is 0.448. The minimum atomic E-state index is 0.378. The van der Waals surface area contributed by atoms with E-state index in [1.807, 2.05) is 38.2 Å². The molecule has 0 saturated carbocycles. The maximum atomic E-state index is 9.09. The molecule has 4 heterocycles. The summed E-state index contributed by atoms with van der Waals surface area (Å²) in [5.74, 6) is 0.926. The molecule has 1 aromatic carbocycles. The zero-order chi connectivity index (χ0) is 22.2. The lowest BCUT2D eigenvalue weighted by molar-refractivity contribution is 0.784. The van der Waals surface area contributed by atoms with Crippen LogP contribution in [0.2, 0.25) is 0 Å². The lowest BCUT2D eigenvalue weighted by atomic mass is 10.1. The van der Waals surface area contributed by atoms with Gasteiger partial charge in [-0.2, -0.15) is 15.5 Å². The van der Waals surface area contributed by atoms with Gasteiger partial charge in [-0.15, -0.1) is 0 Å². The van der Waals surface area contributed by atoms with Crippen LogP contribution in [0.3, 0.4) is 0 Å². The van der Waals surface area contributed by atoms with Gasteiger partial charge in [0.1, 0.15) is 5.82 Å². The molecule has 0 aliphatic rings. The van der Waals surface area contributed by atoms with Crippen LogP contribution in [0.5, 0.6) is 0 Å². The molecule has 9 nitrogen and oxygen atoms in total. The first-order chi connectivity index (χ1) is 15.5. The summed E-state index contributed by atoms with van der Waals surface area (Å²) in [5, 5.41) is 20.1. The molecule has 9 heteroatoms. The highest BCUT2D eigenvalue weighted by atomic mass is 15.3. The number of H-pyrrole nitrogens is 1. The number of aryl methyl sites for hydroxylation is 2. The number of nitrogens with zero attached hydrogens (tertiary/aromatic N) is 7. The second-order valence-corrected chi connectivity index (χ2v) is 7.34. The van der Waals surface area contributed by atoms with E-state index in [9.17, 15) is 0 Å². The molecule has 0 spiro atoms. The lowest BCUT2D eigenvalue weighted by Gasteiger charge is -2.02. The highest BCUT2D eigenvalue weighted by Crippen LogP contribution is 2.27. The Labute approximate surface area is 183 Å². The molecule has 156 valence electrons. The molecular weight excluding hydrogens is 402 g/mol. The van der Waals surface area contributed by atoms with Crippen LogP contribution in [0, 0.1) is 18.3 Å². The minimum absolute atomic E-state index is 0.378. The van der Waals surface area contributed by atoms with E-state index in [0.29, 0.717) is 22.8 Å². The van der Waals surface area contributed by atoms with E-state index < -0.39 is 0 Å². The van der Waals surface area contributed by atoms with Crippen molar-refractivity contribution in [3.63, 3.8) is 0 Å². The number of nitriles is 1. The van der Waals surface area contributed by atoms with E-state index in [0.717, 1.165) is 33.2 Å². The Hall–Kier alpha value is -4.71. The van der Waals surface area contributed by atoms with Crippen molar-refractivity contribution >= 4 is 27.8 Å². The van der Waals surface area contributed by atoms with Gasteiger partial charge in [-0.05, 0) is 31.2 Å². The largest absolute Gasteiger partial charge is 0.385 e. The molecule has 0 amide bonds. The average molecular weight is 421 g/mol. The Morgan fingerprint density at radius 1 is 1.03 bits per heavy atom. The summed E-state index contributed by atoms with van der Waals surface area (Å²) in [6.45, 7) is 1.94. The summed E-state index contributed by atoms with van der Waals surface area (Å²) in [4.78, 5) is 12.0. The standard InChI is InChI=1S/C23H19N9/c1-14-17-7-9-26-13-19(17)32(29-14)21-11-20(25)28-23-18(8-10-27-21)22(31(2)30-23)16-5-3-15(12-24)4-6-16/h3-11,13H,25H2,1-2H3,(H,28,30). The molecule has 5 rings (SSSR count). The summed E-state index contributed by atoms with van der Waals surface area (Å²) >= 11 is 0. The molecule has 0 bridgehead atoms. The first-order valence-electron chi connectivity index (χ1n) is 9.91. The fraction of sp³-hybridized carbons (Fsp3) is 0.0870. The molecule has 3 N–H and O–H groups in total. The zero-order valence-electron chi connectivity index (χ0n) is 17.5. The van der Waals surface area contributed by atoms with E-state index in [4.69, 9.17) is 11.0 Å². The molecule has 0 radical (unpaired) electrons. The molecular formula is C23H19N9. The minimum Gasteiger partial charge on any atom is -0.385 e. The van der Waals surface area contributed by atoms with Crippen molar-refractivity contribution in [1.29, 1.82) is 5.26 Å². The fourth-order valence-corrected chi connectivity index (χ4v) is 3.78. The number of pyridine rings is 1. The molecule has 5 aromatic rings. The molecule has 0 aliphatic carbocycles. The molecule has 0 atom stereocenters. The van der Waals surface area contributed by atoms with Crippen LogP contribution in [0.1, 0.15) is 11.3 Å². The molecule has 4 aromatic heterocycles. The number of aromatic nitrogens is 7. The summed E-state index contributed by atoms with van der Waals surface area (Å²) in [6.07, 6.45) is 5.20. The zero-order valence-corrected chi connectivity index (χ0v) is 17.5. The van der Waals surface area contributed by atoms with Crippen molar-refractivity contribution in [3.8, 4) is 23.1 Å². The predicted octanol–water partition coefficient (Wildman–Crippen LogP) is 3.58. The van der Waals surface area contributed by atoms with Crippen LogP contribution in [0.15, 0.2) is 61.1 Å². The van der Waals surface area contributed by atoms with E-state index in [-0.39, 0.29) is 0 Å². The number of nitrogens with one attached hydrogen (secondary N) is 1. The van der Waals surface area contributed by atoms with Crippen LogP contribution in [-0.2, 0) is 7.05 Å². The lowest BCUT2D eigenvalue weighted by Crippen LogP contribution is -2.00. The Bertz CT molecular complexity index is 1560. The van der Waals surface area contributed by atoms with Gasteiger partial charge in [0.15, 0.2) is 11.5 Å². The van der Waals surface area contributed by atoms with E-state index in [2.05, 4.69) is 31.2 Å². The van der Waals surface area contributed by atoms with Crippen molar-refractivity contribution in [2.45, 2.75) is 6.92 Å². The fourth-order valence-electron chi connectivity index (χ4n) is 3.78. The van der Waals surface area contributed by atoms with Crippen molar-refractivity contribution < 1.29 is 0 Å². The van der Waals surface area contributed by atoms with Crippen molar-refractivity contribution in [3.05, 3.63) is 72.3 Å². The number of rotatable bonds is 2. The highest BCUT2D eigenvalue weighted by Gasteiger charge is 2.12. The molecule has 32 heavy (non-hydrogen) atoms. The van der Waals surface area contributed by atoms with Crippen LogP contribution in [0.4, 0.5) is 5.82 Å². The van der Waals surface area contributed by atoms with Gasteiger partial charge in [0.2, 0.25) is 0 Å². The molecule has 0 aliphatic heterocycles. The third-order valence-corrected chi connectivity index (χ3v) is 5.25. The highest BCUT2D eigenvalue weighted by molar-refractivity contribution is 5.91. The van der Waals surface area contributed by atoms with Crippen LogP contribution in [-0.4, -0.2) is 34.5 Å². The number of aromatic amines is 1. The third kappa shape index (κ3) is 3.20. The Morgan fingerprint density at radius 2 is 1.81 bits per heavy atom. The number of nitrogen functional groups attached to an aromatic ring is 1. The SMILES string of the molecule is Cc1nn(-c2cc(N)[nH]c3nn(C)c(-c4ccc(C#N)cc4)c3ccn2)c2cnccc12. The number of benzene rings is 1. The first kappa shape index (κ1) is 19.3. The van der Waals surface area contributed by atoms with Crippen LogP contribution < -0.4 is 5.73 Å². The van der Waals surface area contributed by atoms with E-state index >= 15 is 0 Å². The number of fused-ring (bicyclic) bond motifs is 2. The summed E-state index contributed by atoms with van der Waals surface area (Å²) in [6, 6.07) is 15.0. The van der Waals surface area contributed by atoms with Gasteiger partial charge >= 0.3 is 0 Å². The maximum Gasteiger partial charge on any atom is 0.161 e. The second-order valence-electron chi connectivity index (χ2n) is 7.34. The van der Waals surface area contributed by atoms with Gasteiger partial charge in [0.25, 0.3) is 0 Å². The monoisotopic (exact) mass is 421 g/mol. The van der Waals surface area contributed by atoms with Gasteiger partial charge in [-0.3, -0.25) is 9.67 Å². The van der Waals surface area contributed by atoms with Crippen molar-refractivity contribution in [2.75, 3.05) is 5.73 Å². The number of hydrogen-bond acceptors (Lipinski definition) is 6. The predicted molar refractivity (Wildman–Crippen MR) is 122 cm³/mol. The van der Waals surface area contributed by atoms with Gasteiger partial charge in [-0.1, -0.05) is 12.1 Å². The molecule has 0 unspecified atom stereocenters. The Balaban J connectivity index is 1.73. The van der Waals surface area contributed by atoms with Crippen LogP contribution >= 0.6 is 0 Å². The smallest absolute Gasteiger partial charge is 0.161 e. The Kier molecular flexibility index (Phi) is 4.53. The van der Waals surface area contributed by atoms with Gasteiger partial charge in [0.05, 0.1) is 34.7 Å². The van der Waals surface area contributed by atoms with E-state index in [1.165, 1.54) is 0 Å². The summed E-state index contributed by atoms with van der Waals surface area (Å²) in [5.41, 5.74) is 11.0. The summed E-state index contributed by atoms with van der Waals surface area (Å²) < 4.78 is 3.50. The Morgan fingerprint density at radius 3 is 2.59 bits per heavy atom. The van der Waals surface area contributed by atoms with Crippen LogP contribution in [0.25, 0.3) is 39.0 Å². The number of hydrogen-bond donors (Lipinski definition) is 2. The van der Waals surface area contributed by atoms with Crippen molar-refractivity contribution in [2.24, 2.45) is 7.05 Å². The molecule has 0 fully saturated rings. The van der Waals surface area contributed by atoms with Crippen molar-refractivity contribution in [1.82, 2.24) is 34.5 Å². The van der Waals surface area contributed by atoms with Gasteiger partial charge < -0.3 is 10.7 Å². The number of nitrogens with two attached hydrogens (primary N) is 1. The maximum absolute atomic E-state index is 9.09. The van der Waals surface area contributed by atoms with Gasteiger partial charge in [0, 0.05) is 41.8 Å². The second kappa shape index (κ2) is 7.52. The van der Waals surface area contributed by atoms with Gasteiger partial charge in [-0.25, -0.2) is 9.67 Å². The third-order valence-electron chi connectivity index (χ3n) is 5.25.